The predicted molar refractivity (Wildman–Crippen MR) is 71.6 cm³/mol. The van der Waals surface area contributed by atoms with E-state index in [1.54, 1.807) is 22.7 Å². The monoisotopic (exact) mass is 301 g/mol. The number of rotatable bonds is 4. The van der Waals surface area contributed by atoms with Gasteiger partial charge in [0.2, 0.25) is 0 Å². The molecule has 0 aromatic carbocycles. The molecule has 0 spiro atoms. The fourth-order valence-electron chi connectivity index (χ4n) is 1.46. The Bertz CT molecular complexity index is 408. The molecule has 0 bridgehead atoms. The Morgan fingerprint density at radius 2 is 2.20 bits per heavy atom. The average molecular weight is 302 g/mol. The van der Waals surface area contributed by atoms with E-state index in [9.17, 15) is 0 Å². The molecule has 1 atom stereocenters. The molecule has 2 N–H and O–H groups in total. The smallest absolute Gasteiger partial charge is 0.0404 e. The van der Waals surface area contributed by atoms with Crippen molar-refractivity contribution in [3.63, 3.8) is 0 Å². The molecule has 0 radical (unpaired) electrons. The Kier molecular flexibility index (Phi) is 3.97. The zero-order chi connectivity index (χ0) is 10.7. The molecule has 2 aromatic rings. The van der Waals surface area contributed by atoms with E-state index in [0.717, 1.165) is 17.3 Å². The van der Waals surface area contributed by atoms with E-state index in [1.165, 1.54) is 10.4 Å². The van der Waals surface area contributed by atoms with Crippen LogP contribution in [0.25, 0.3) is 0 Å². The molecule has 0 saturated heterocycles. The molecule has 2 aromatic heterocycles. The summed E-state index contributed by atoms with van der Waals surface area (Å²) in [6, 6.07) is 4.38. The first-order valence-corrected chi connectivity index (χ1v) is 7.38. The summed E-state index contributed by atoms with van der Waals surface area (Å²) >= 11 is 6.99. The second kappa shape index (κ2) is 5.25. The third kappa shape index (κ3) is 2.91. The van der Waals surface area contributed by atoms with Gasteiger partial charge in [-0.05, 0) is 62.6 Å². The van der Waals surface area contributed by atoms with Crippen molar-refractivity contribution in [3.8, 4) is 0 Å². The van der Waals surface area contributed by atoms with Crippen LogP contribution in [0.2, 0.25) is 0 Å². The first kappa shape index (κ1) is 11.3. The summed E-state index contributed by atoms with van der Waals surface area (Å²) < 4.78 is 1.14. The predicted octanol–water partition coefficient (Wildman–Crippen LogP) is 4.20. The van der Waals surface area contributed by atoms with Gasteiger partial charge in [-0.2, -0.15) is 11.3 Å². The Morgan fingerprint density at radius 1 is 1.33 bits per heavy atom. The van der Waals surface area contributed by atoms with Crippen molar-refractivity contribution >= 4 is 38.6 Å². The number of thiophene rings is 2. The molecule has 0 aliphatic heterocycles. The van der Waals surface area contributed by atoms with Gasteiger partial charge in [0.25, 0.3) is 0 Å². The molecule has 80 valence electrons. The summed E-state index contributed by atoms with van der Waals surface area (Å²) in [5.74, 6) is 0. The normalized spacial score (nSPS) is 12.9. The van der Waals surface area contributed by atoms with E-state index >= 15 is 0 Å². The van der Waals surface area contributed by atoms with Crippen LogP contribution in [0.4, 0.5) is 0 Å². The molecule has 0 saturated carbocycles. The van der Waals surface area contributed by atoms with Crippen LogP contribution >= 0.6 is 38.6 Å². The summed E-state index contributed by atoms with van der Waals surface area (Å²) in [4.78, 5) is 1.25. The first-order valence-electron chi connectivity index (χ1n) is 4.77. The highest BCUT2D eigenvalue weighted by atomic mass is 79.9. The summed E-state index contributed by atoms with van der Waals surface area (Å²) in [7, 11) is 0. The standard InChI is InChI=1S/C11H12BrNS2/c12-9-4-6-15-11(9)10(13)2-1-8-3-5-14-7-8/h3-7,10H,1-2,13H2. The second-order valence-corrected chi connectivity index (χ2v) is 5.99. The Balaban J connectivity index is 1.93. The van der Waals surface area contributed by atoms with Crippen molar-refractivity contribution in [2.45, 2.75) is 18.9 Å². The van der Waals surface area contributed by atoms with Crippen molar-refractivity contribution in [1.82, 2.24) is 0 Å². The van der Waals surface area contributed by atoms with E-state index in [0.29, 0.717) is 0 Å². The van der Waals surface area contributed by atoms with Crippen LogP contribution in [-0.4, -0.2) is 0 Å². The fourth-order valence-corrected chi connectivity index (χ4v) is 3.87. The van der Waals surface area contributed by atoms with E-state index < -0.39 is 0 Å². The zero-order valence-corrected chi connectivity index (χ0v) is 11.4. The lowest BCUT2D eigenvalue weighted by Gasteiger charge is -2.09. The van der Waals surface area contributed by atoms with Gasteiger partial charge in [-0.3, -0.25) is 0 Å². The van der Waals surface area contributed by atoms with Crippen LogP contribution in [0, 0.1) is 0 Å². The van der Waals surface area contributed by atoms with Crippen LogP contribution in [0.3, 0.4) is 0 Å². The van der Waals surface area contributed by atoms with E-state index in [4.69, 9.17) is 5.73 Å². The van der Waals surface area contributed by atoms with Gasteiger partial charge < -0.3 is 5.73 Å². The molecule has 0 fully saturated rings. The van der Waals surface area contributed by atoms with Crippen LogP contribution in [0.15, 0.2) is 32.7 Å². The minimum Gasteiger partial charge on any atom is -0.323 e. The molecular weight excluding hydrogens is 290 g/mol. The molecule has 0 aliphatic carbocycles. The Hall–Kier alpha value is -0.160. The van der Waals surface area contributed by atoms with Crippen LogP contribution < -0.4 is 5.73 Å². The minimum atomic E-state index is 0.152. The molecule has 1 unspecified atom stereocenters. The van der Waals surface area contributed by atoms with Gasteiger partial charge >= 0.3 is 0 Å². The van der Waals surface area contributed by atoms with Crippen molar-refractivity contribution in [2.75, 3.05) is 0 Å². The average Bonchev–Trinajstić information content (AvgIpc) is 2.84. The maximum atomic E-state index is 6.14. The summed E-state index contributed by atoms with van der Waals surface area (Å²) in [5, 5.41) is 6.38. The number of hydrogen-bond acceptors (Lipinski definition) is 3. The zero-order valence-electron chi connectivity index (χ0n) is 8.15. The molecule has 0 amide bonds. The lowest BCUT2D eigenvalue weighted by atomic mass is 10.1. The number of halogens is 1. The molecule has 1 nitrogen and oxygen atoms in total. The highest BCUT2D eigenvalue weighted by molar-refractivity contribution is 9.10. The van der Waals surface area contributed by atoms with Gasteiger partial charge in [0.1, 0.15) is 0 Å². The maximum Gasteiger partial charge on any atom is 0.0404 e. The minimum absolute atomic E-state index is 0.152. The molecule has 2 rings (SSSR count). The third-order valence-corrected chi connectivity index (χ3v) is 5.04. The summed E-state index contributed by atoms with van der Waals surface area (Å²) in [6.07, 6.45) is 2.07. The first-order chi connectivity index (χ1) is 7.27. The molecule has 15 heavy (non-hydrogen) atoms. The summed E-state index contributed by atoms with van der Waals surface area (Å²) in [5.41, 5.74) is 7.53. The van der Waals surface area contributed by atoms with Gasteiger partial charge in [0.15, 0.2) is 0 Å². The van der Waals surface area contributed by atoms with E-state index in [-0.39, 0.29) is 6.04 Å². The van der Waals surface area contributed by atoms with Crippen molar-refractivity contribution in [1.29, 1.82) is 0 Å². The molecular formula is C11H12BrNS2. The van der Waals surface area contributed by atoms with E-state index in [2.05, 4.69) is 44.2 Å². The molecule has 0 aliphatic rings. The van der Waals surface area contributed by atoms with Crippen LogP contribution in [0.5, 0.6) is 0 Å². The topological polar surface area (TPSA) is 26.0 Å². The van der Waals surface area contributed by atoms with Gasteiger partial charge in [-0.15, -0.1) is 11.3 Å². The highest BCUT2D eigenvalue weighted by Crippen LogP contribution is 2.30. The maximum absolute atomic E-state index is 6.14. The quantitative estimate of drug-likeness (QED) is 0.899. The fraction of sp³-hybridized carbons (Fsp3) is 0.273. The van der Waals surface area contributed by atoms with E-state index in [1.807, 2.05) is 0 Å². The third-order valence-electron chi connectivity index (χ3n) is 2.31. The second-order valence-electron chi connectivity index (χ2n) is 3.41. The van der Waals surface area contributed by atoms with Crippen LogP contribution in [0.1, 0.15) is 22.9 Å². The number of hydrogen-bond donors (Lipinski definition) is 1. The van der Waals surface area contributed by atoms with Gasteiger partial charge in [0, 0.05) is 15.4 Å². The lowest BCUT2D eigenvalue weighted by molar-refractivity contribution is 0.661. The van der Waals surface area contributed by atoms with Crippen molar-refractivity contribution in [3.05, 3.63) is 43.2 Å². The molecule has 2 heterocycles. The highest BCUT2D eigenvalue weighted by Gasteiger charge is 2.11. The van der Waals surface area contributed by atoms with Crippen LogP contribution in [-0.2, 0) is 6.42 Å². The Morgan fingerprint density at radius 3 is 2.80 bits per heavy atom. The number of nitrogens with two attached hydrogens (primary N) is 1. The molecule has 4 heteroatoms. The van der Waals surface area contributed by atoms with Gasteiger partial charge in [-0.25, -0.2) is 0 Å². The Labute approximate surface area is 106 Å². The lowest BCUT2D eigenvalue weighted by Crippen LogP contribution is -2.09. The largest absolute Gasteiger partial charge is 0.323 e. The van der Waals surface area contributed by atoms with Gasteiger partial charge in [0.05, 0.1) is 0 Å². The van der Waals surface area contributed by atoms with Crippen molar-refractivity contribution in [2.24, 2.45) is 5.73 Å². The van der Waals surface area contributed by atoms with Crippen molar-refractivity contribution < 1.29 is 0 Å². The SMILES string of the molecule is NC(CCc1ccsc1)c1sccc1Br. The number of aryl methyl sites for hydroxylation is 1. The summed E-state index contributed by atoms with van der Waals surface area (Å²) in [6.45, 7) is 0. The van der Waals surface area contributed by atoms with Gasteiger partial charge in [-0.1, -0.05) is 0 Å².